The van der Waals surface area contributed by atoms with E-state index in [1.165, 1.54) is 25.7 Å². The Morgan fingerprint density at radius 3 is 2.62 bits per heavy atom. The number of halogens is 1. The minimum Gasteiger partial charge on any atom is -0.396 e. The lowest BCUT2D eigenvalue weighted by Gasteiger charge is -2.38. The molecule has 1 N–H and O–H groups in total. The number of aliphatic hydroxyl groups is 1. The molecule has 0 aromatic rings. The molecular weight excluding hydrogens is 220 g/mol. The molecule has 0 heterocycles. The van der Waals surface area contributed by atoms with Crippen molar-refractivity contribution in [1.82, 2.24) is 0 Å². The van der Waals surface area contributed by atoms with Gasteiger partial charge in [-0.2, -0.15) is 0 Å². The minimum atomic E-state index is 0.320. The Bertz CT molecular complexity index is 195. The first-order chi connectivity index (χ1) is 7.56. The summed E-state index contributed by atoms with van der Waals surface area (Å²) in [6.45, 7) is 7.15. The van der Waals surface area contributed by atoms with E-state index in [1.54, 1.807) is 0 Å². The Hall–Kier alpha value is 0.250. The van der Waals surface area contributed by atoms with E-state index >= 15 is 0 Å². The van der Waals surface area contributed by atoms with E-state index in [2.05, 4.69) is 20.8 Å². The molecule has 96 valence electrons. The third-order valence-corrected chi connectivity index (χ3v) is 5.02. The topological polar surface area (TPSA) is 20.2 Å². The number of alkyl halides is 1. The van der Waals surface area contributed by atoms with E-state index in [1.807, 2.05) is 0 Å². The van der Waals surface area contributed by atoms with Crippen LogP contribution < -0.4 is 0 Å². The molecule has 16 heavy (non-hydrogen) atoms. The van der Waals surface area contributed by atoms with Gasteiger partial charge in [0.25, 0.3) is 0 Å². The van der Waals surface area contributed by atoms with E-state index in [0.29, 0.717) is 23.8 Å². The van der Waals surface area contributed by atoms with Gasteiger partial charge >= 0.3 is 0 Å². The summed E-state index contributed by atoms with van der Waals surface area (Å²) in [7, 11) is 0. The van der Waals surface area contributed by atoms with Crippen molar-refractivity contribution in [3.8, 4) is 0 Å². The van der Waals surface area contributed by atoms with Gasteiger partial charge < -0.3 is 5.11 Å². The molecule has 3 unspecified atom stereocenters. The molecule has 0 saturated heterocycles. The summed E-state index contributed by atoms with van der Waals surface area (Å²) in [6, 6.07) is 0. The molecule has 1 nitrogen and oxygen atoms in total. The van der Waals surface area contributed by atoms with Crippen LogP contribution in [0, 0.1) is 23.7 Å². The van der Waals surface area contributed by atoms with Crippen LogP contribution in [0.3, 0.4) is 0 Å². The first-order valence-corrected chi connectivity index (χ1v) is 7.24. The average molecular weight is 247 g/mol. The number of rotatable bonds is 5. The van der Waals surface area contributed by atoms with E-state index in [9.17, 15) is 0 Å². The molecule has 1 aliphatic rings. The van der Waals surface area contributed by atoms with Crippen LogP contribution in [0.2, 0.25) is 0 Å². The van der Waals surface area contributed by atoms with Crippen LogP contribution >= 0.6 is 11.6 Å². The third-order valence-electron chi connectivity index (χ3n) is 4.48. The summed E-state index contributed by atoms with van der Waals surface area (Å²) >= 11 is 6.44. The van der Waals surface area contributed by atoms with Crippen LogP contribution in [-0.2, 0) is 0 Å². The average Bonchev–Trinajstić information content (AvgIpc) is 2.28. The molecule has 2 heteroatoms. The Balaban J connectivity index is 2.33. The zero-order valence-electron chi connectivity index (χ0n) is 11.0. The van der Waals surface area contributed by atoms with Crippen molar-refractivity contribution in [2.45, 2.75) is 58.3 Å². The fraction of sp³-hybridized carbons (Fsp3) is 1.00. The van der Waals surface area contributed by atoms with Crippen molar-refractivity contribution in [3.05, 3.63) is 0 Å². The standard InChI is InChI=1S/C14H27ClO/c1-10(9-16)5-4-6-13-12(3)11(2)7-8-14(13)15/h10-14,16H,4-9H2,1-3H3/t10?,11?,12-,13-,14?/m1/s1. The number of aliphatic hydroxyl groups excluding tert-OH is 1. The fourth-order valence-electron chi connectivity index (χ4n) is 2.89. The first-order valence-electron chi connectivity index (χ1n) is 6.81. The highest BCUT2D eigenvalue weighted by molar-refractivity contribution is 6.20. The van der Waals surface area contributed by atoms with Crippen molar-refractivity contribution in [2.75, 3.05) is 6.61 Å². The molecule has 1 fully saturated rings. The van der Waals surface area contributed by atoms with Crippen LogP contribution in [0.4, 0.5) is 0 Å². The number of hydrogen-bond donors (Lipinski definition) is 1. The lowest BCUT2D eigenvalue weighted by molar-refractivity contribution is 0.167. The van der Waals surface area contributed by atoms with Crippen LogP contribution in [-0.4, -0.2) is 17.1 Å². The molecule has 1 saturated carbocycles. The Morgan fingerprint density at radius 2 is 2.00 bits per heavy atom. The largest absolute Gasteiger partial charge is 0.396 e. The second kappa shape index (κ2) is 6.86. The second-order valence-corrected chi connectivity index (χ2v) is 6.37. The van der Waals surface area contributed by atoms with E-state index in [4.69, 9.17) is 16.7 Å². The Kier molecular flexibility index (Phi) is 6.13. The van der Waals surface area contributed by atoms with Crippen molar-refractivity contribution in [2.24, 2.45) is 23.7 Å². The maximum Gasteiger partial charge on any atom is 0.0456 e. The zero-order chi connectivity index (χ0) is 12.1. The van der Waals surface area contributed by atoms with Gasteiger partial charge in [-0.25, -0.2) is 0 Å². The lowest BCUT2D eigenvalue weighted by Crippen LogP contribution is -2.32. The summed E-state index contributed by atoms with van der Waals surface area (Å²) in [6.07, 6.45) is 6.07. The molecule has 0 aromatic carbocycles. The summed E-state index contributed by atoms with van der Waals surface area (Å²) in [5.41, 5.74) is 0. The molecule has 0 spiro atoms. The summed E-state index contributed by atoms with van der Waals surface area (Å²) < 4.78 is 0. The van der Waals surface area contributed by atoms with Crippen LogP contribution in [0.1, 0.15) is 52.9 Å². The highest BCUT2D eigenvalue weighted by atomic mass is 35.5. The van der Waals surface area contributed by atoms with Gasteiger partial charge in [-0.05, 0) is 49.4 Å². The van der Waals surface area contributed by atoms with Gasteiger partial charge in [-0.1, -0.05) is 27.2 Å². The SMILES string of the molecule is CC(CO)CCC[C@H]1C(Cl)CCC(C)[C@H]1C. The van der Waals surface area contributed by atoms with Crippen molar-refractivity contribution in [3.63, 3.8) is 0 Å². The van der Waals surface area contributed by atoms with Crippen molar-refractivity contribution >= 4 is 11.6 Å². The van der Waals surface area contributed by atoms with Gasteiger partial charge in [0.1, 0.15) is 0 Å². The van der Waals surface area contributed by atoms with Crippen LogP contribution in [0.15, 0.2) is 0 Å². The molecule has 0 amide bonds. The quantitative estimate of drug-likeness (QED) is 0.725. The monoisotopic (exact) mass is 246 g/mol. The minimum absolute atomic E-state index is 0.320. The number of hydrogen-bond acceptors (Lipinski definition) is 1. The molecule has 0 aliphatic heterocycles. The third kappa shape index (κ3) is 3.92. The van der Waals surface area contributed by atoms with Crippen LogP contribution in [0.5, 0.6) is 0 Å². The van der Waals surface area contributed by atoms with Gasteiger partial charge in [0.05, 0.1) is 0 Å². The predicted molar refractivity (Wildman–Crippen MR) is 70.8 cm³/mol. The van der Waals surface area contributed by atoms with Gasteiger partial charge in [0.15, 0.2) is 0 Å². The molecule has 0 bridgehead atoms. The Morgan fingerprint density at radius 1 is 1.31 bits per heavy atom. The highest BCUT2D eigenvalue weighted by Crippen LogP contribution is 2.40. The molecule has 5 atom stereocenters. The maximum atomic E-state index is 8.99. The van der Waals surface area contributed by atoms with Crippen molar-refractivity contribution < 1.29 is 5.11 Å². The first kappa shape index (κ1) is 14.3. The molecule has 0 radical (unpaired) electrons. The summed E-state index contributed by atoms with van der Waals surface area (Å²) in [5.74, 6) is 2.73. The normalized spacial score (nSPS) is 37.3. The molecule has 0 aromatic heterocycles. The Labute approximate surface area is 106 Å². The maximum absolute atomic E-state index is 8.99. The van der Waals surface area contributed by atoms with Gasteiger partial charge in [0.2, 0.25) is 0 Å². The molecule has 1 aliphatic carbocycles. The van der Waals surface area contributed by atoms with E-state index in [0.717, 1.165) is 18.3 Å². The zero-order valence-corrected chi connectivity index (χ0v) is 11.7. The van der Waals surface area contributed by atoms with Crippen molar-refractivity contribution in [1.29, 1.82) is 0 Å². The summed E-state index contributed by atoms with van der Waals surface area (Å²) in [5, 5.41) is 9.38. The smallest absolute Gasteiger partial charge is 0.0456 e. The van der Waals surface area contributed by atoms with Gasteiger partial charge in [0, 0.05) is 12.0 Å². The fourth-order valence-corrected chi connectivity index (χ4v) is 3.37. The molecular formula is C14H27ClO. The van der Waals surface area contributed by atoms with E-state index < -0.39 is 0 Å². The van der Waals surface area contributed by atoms with Gasteiger partial charge in [-0.3, -0.25) is 0 Å². The predicted octanol–water partition coefficient (Wildman–Crippen LogP) is 4.07. The highest BCUT2D eigenvalue weighted by Gasteiger charge is 2.33. The van der Waals surface area contributed by atoms with Crippen LogP contribution in [0.25, 0.3) is 0 Å². The lowest BCUT2D eigenvalue weighted by atomic mass is 9.71. The van der Waals surface area contributed by atoms with E-state index in [-0.39, 0.29) is 0 Å². The summed E-state index contributed by atoms with van der Waals surface area (Å²) in [4.78, 5) is 0. The van der Waals surface area contributed by atoms with Gasteiger partial charge in [-0.15, -0.1) is 11.6 Å². The molecule has 1 rings (SSSR count). The second-order valence-electron chi connectivity index (χ2n) is 5.81.